The van der Waals surface area contributed by atoms with Gasteiger partial charge in [-0.1, -0.05) is 13.8 Å². The van der Waals surface area contributed by atoms with E-state index in [4.69, 9.17) is 4.74 Å². The van der Waals surface area contributed by atoms with Crippen LogP contribution in [0.5, 0.6) is 0 Å². The first-order valence-electron chi connectivity index (χ1n) is 6.82. The van der Waals surface area contributed by atoms with E-state index in [0.29, 0.717) is 6.61 Å². The van der Waals surface area contributed by atoms with Gasteiger partial charge in [-0.05, 0) is 32.6 Å². The summed E-state index contributed by atoms with van der Waals surface area (Å²) in [6.07, 6.45) is 1.77. The molecule has 5 nitrogen and oxygen atoms in total. The molecule has 1 aliphatic heterocycles. The molecule has 1 fully saturated rings. The van der Waals surface area contributed by atoms with E-state index in [1.54, 1.807) is 6.92 Å². The molecule has 1 saturated heterocycles. The average Bonchev–Trinajstić information content (AvgIpc) is 2.28. The summed E-state index contributed by atoms with van der Waals surface area (Å²) in [5, 5.41) is 12.3. The molecule has 0 aromatic heterocycles. The zero-order valence-electron chi connectivity index (χ0n) is 12.3. The molecule has 2 atom stereocenters. The summed E-state index contributed by atoms with van der Waals surface area (Å²) in [5.41, 5.74) is -1.40. The molecule has 19 heavy (non-hydrogen) atoms. The molecule has 2 N–H and O–H groups in total. The Hall–Kier alpha value is -1.10. The van der Waals surface area contributed by atoms with Crippen LogP contribution in [0.25, 0.3) is 0 Å². The van der Waals surface area contributed by atoms with Crippen molar-refractivity contribution < 1.29 is 19.4 Å². The molecule has 0 saturated carbocycles. The minimum Gasteiger partial charge on any atom is -0.481 e. The molecule has 1 heterocycles. The van der Waals surface area contributed by atoms with E-state index in [1.807, 2.05) is 20.8 Å². The molecule has 5 heteroatoms. The van der Waals surface area contributed by atoms with E-state index >= 15 is 0 Å². The van der Waals surface area contributed by atoms with Crippen molar-refractivity contribution >= 4 is 11.9 Å². The van der Waals surface area contributed by atoms with Crippen LogP contribution in [0.2, 0.25) is 0 Å². The van der Waals surface area contributed by atoms with Crippen molar-refractivity contribution in [2.24, 2.45) is 11.3 Å². The Labute approximate surface area is 114 Å². The third-order valence-corrected chi connectivity index (χ3v) is 4.17. The summed E-state index contributed by atoms with van der Waals surface area (Å²) in [4.78, 5) is 23.5. The highest BCUT2D eigenvalue weighted by Gasteiger charge is 2.40. The van der Waals surface area contributed by atoms with Crippen LogP contribution >= 0.6 is 0 Å². The monoisotopic (exact) mass is 271 g/mol. The maximum atomic E-state index is 12.1. The summed E-state index contributed by atoms with van der Waals surface area (Å²) < 4.78 is 5.38. The molecule has 0 aromatic rings. The van der Waals surface area contributed by atoms with Crippen LogP contribution in [0.3, 0.4) is 0 Å². The minimum absolute atomic E-state index is 0.00438. The molecule has 1 aliphatic rings. The fourth-order valence-corrected chi connectivity index (χ4v) is 2.27. The van der Waals surface area contributed by atoms with E-state index in [1.165, 1.54) is 0 Å². The molecule has 0 spiro atoms. The Kier molecular flexibility index (Phi) is 4.96. The number of rotatable bonds is 5. The van der Waals surface area contributed by atoms with E-state index in [-0.39, 0.29) is 23.8 Å². The molecule has 0 aromatic carbocycles. The number of carboxylic acids is 1. The Bertz CT molecular complexity index is 347. The quantitative estimate of drug-likeness (QED) is 0.799. The smallest absolute Gasteiger partial charge is 0.310 e. The van der Waals surface area contributed by atoms with Gasteiger partial charge in [-0.3, -0.25) is 9.59 Å². The summed E-state index contributed by atoms with van der Waals surface area (Å²) >= 11 is 0. The maximum absolute atomic E-state index is 12.1. The highest BCUT2D eigenvalue weighted by Crippen LogP contribution is 2.31. The predicted octanol–water partition coefficient (Wildman–Crippen LogP) is 1.81. The fraction of sp³-hybridized carbons (Fsp3) is 0.857. The Morgan fingerprint density at radius 3 is 2.53 bits per heavy atom. The van der Waals surface area contributed by atoms with Gasteiger partial charge in [0.15, 0.2) is 0 Å². The van der Waals surface area contributed by atoms with E-state index in [2.05, 4.69) is 5.32 Å². The number of carbonyl (C=O) groups excluding carboxylic acids is 1. The lowest BCUT2D eigenvalue weighted by Crippen LogP contribution is -2.53. The van der Waals surface area contributed by atoms with Gasteiger partial charge in [0, 0.05) is 13.0 Å². The third kappa shape index (κ3) is 3.93. The second kappa shape index (κ2) is 5.90. The molecule has 2 unspecified atom stereocenters. The number of hydrogen-bond donors (Lipinski definition) is 2. The number of ether oxygens (including phenoxy) is 1. The van der Waals surface area contributed by atoms with Gasteiger partial charge in [0.1, 0.15) is 0 Å². The van der Waals surface area contributed by atoms with Crippen molar-refractivity contribution in [3.05, 3.63) is 0 Å². The van der Waals surface area contributed by atoms with Crippen LogP contribution in [0, 0.1) is 11.3 Å². The Morgan fingerprint density at radius 2 is 2.11 bits per heavy atom. The van der Waals surface area contributed by atoms with Gasteiger partial charge in [0.25, 0.3) is 0 Å². The first-order valence-corrected chi connectivity index (χ1v) is 6.82. The Balaban J connectivity index is 2.65. The SMILES string of the molecule is CC(C)C(C)(CC(=O)NC1(C)CCCOC1)C(=O)O. The lowest BCUT2D eigenvalue weighted by atomic mass is 9.76. The number of hydrogen-bond acceptors (Lipinski definition) is 3. The summed E-state index contributed by atoms with van der Waals surface area (Å²) in [5.74, 6) is -1.25. The highest BCUT2D eigenvalue weighted by atomic mass is 16.5. The molecule has 0 aliphatic carbocycles. The number of carboxylic acid groups (broad SMARTS) is 1. The molecular weight excluding hydrogens is 246 g/mol. The van der Waals surface area contributed by atoms with Crippen molar-refractivity contribution in [2.45, 2.75) is 52.5 Å². The molecule has 1 rings (SSSR count). The number of aliphatic carboxylic acids is 1. The van der Waals surface area contributed by atoms with Crippen LogP contribution in [-0.2, 0) is 14.3 Å². The maximum Gasteiger partial charge on any atom is 0.310 e. The van der Waals surface area contributed by atoms with Gasteiger partial charge in [-0.25, -0.2) is 0 Å². The highest BCUT2D eigenvalue weighted by molar-refractivity contribution is 5.85. The van der Waals surface area contributed by atoms with Crippen molar-refractivity contribution in [2.75, 3.05) is 13.2 Å². The Morgan fingerprint density at radius 1 is 1.47 bits per heavy atom. The zero-order valence-corrected chi connectivity index (χ0v) is 12.3. The zero-order chi connectivity index (χ0) is 14.7. The minimum atomic E-state index is -1.03. The van der Waals surface area contributed by atoms with Crippen LogP contribution in [0.15, 0.2) is 0 Å². The summed E-state index contributed by atoms with van der Waals surface area (Å²) in [6.45, 7) is 8.44. The van der Waals surface area contributed by atoms with Crippen molar-refractivity contribution in [1.29, 1.82) is 0 Å². The molecule has 0 radical (unpaired) electrons. The fourth-order valence-electron chi connectivity index (χ4n) is 2.27. The normalized spacial score (nSPS) is 26.8. The summed E-state index contributed by atoms with van der Waals surface area (Å²) in [7, 11) is 0. The van der Waals surface area contributed by atoms with Crippen molar-refractivity contribution in [3.63, 3.8) is 0 Å². The topological polar surface area (TPSA) is 75.6 Å². The molecular formula is C14H25NO4. The van der Waals surface area contributed by atoms with E-state index in [9.17, 15) is 14.7 Å². The average molecular weight is 271 g/mol. The van der Waals surface area contributed by atoms with Crippen LogP contribution in [-0.4, -0.2) is 35.7 Å². The van der Waals surface area contributed by atoms with Crippen molar-refractivity contribution in [3.8, 4) is 0 Å². The molecule has 110 valence electrons. The lowest BCUT2D eigenvalue weighted by molar-refractivity contribution is -0.154. The van der Waals surface area contributed by atoms with E-state index in [0.717, 1.165) is 19.4 Å². The van der Waals surface area contributed by atoms with Gasteiger partial charge in [-0.2, -0.15) is 0 Å². The number of nitrogens with one attached hydrogen (secondary N) is 1. The van der Waals surface area contributed by atoms with Gasteiger partial charge in [0.2, 0.25) is 5.91 Å². The second-order valence-corrected chi connectivity index (χ2v) is 6.32. The molecule has 1 amide bonds. The van der Waals surface area contributed by atoms with Gasteiger partial charge >= 0.3 is 5.97 Å². The van der Waals surface area contributed by atoms with Crippen molar-refractivity contribution in [1.82, 2.24) is 5.32 Å². The predicted molar refractivity (Wildman–Crippen MR) is 71.8 cm³/mol. The summed E-state index contributed by atoms with van der Waals surface area (Å²) in [6, 6.07) is 0. The van der Waals surface area contributed by atoms with Crippen LogP contribution in [0.4, 0.5) is 0 Å². The standard InChI is InChI=1S/C14H25NO4/c1-10(2)14(4,12(17)18)8-11(16)15-13(3)6-5-7-19-9-13/h10H,5-9H2,1-4H3,(H,15,16)(H,17,18). The second-order valence-electron chi connectivity index (χ2n) is 6.32. The van der Waals surface area contributed by atoms with E-state index < -0.39 is 11.4 Å². The number of carbonyl (C=O) groups is 2. The first-order chi connectivity index (χ1) is 8.69. The lowest BCUT2D eigenvalue weighted by Gasteiger charge is -2.36. The van der Waals surface area contributed by atoms with Gasteiger partial charge in [0.05, 0.1) is 17.6 Å². The largest absolute Gasteiger partial charge is 0.481 e. The van der Waals surface area contributed by atoms with Crippen LogP contribution < -0.4 is 5.32 Å². The first kappa shape index (κ1) is 16.0. The molecule has 0 bridgehead atoms. The third-order valence-electron chi connectivity index (χ3n) is 4.17. The van der Waals surface area contributed by atoms with Gasteiger partial charge < -0.3 is 15.2 Å². The number of amides is 1. The van der Waals surface area contributed by atoms with Crippen LogP contribution in [0.1, 0.15) is 47.0 Å². The van der Waals surface area contributed by atoms with Gasteiger partial charge in [-0.15, -0.1) is 0 Å².